The van der Waals surface area contributed by atoms with Crippen molar-refractivity contribution < 1.29 is 27.8 Å². The number of rotatable bonds is 8. The number of ether oxygens (including phenoxy) is 2. The molecular formula is C20H20N4O6S. The van der Waals surface area contributed by atoms with E-state index in [4.69, 9.17) is 14.6 Å². The number of aryl methyl sites for hydroxylation is 1. The van der Waals surface area contributed by atoms with Crippen LogP contribution in [-0.4, -0.2) is 47.7 Å². The molecule has 0 fully saturated rings. The molecule has 31 heavy (non-hydrogen) atoms. The van der Waals surface area contributed by atoms with Crippen LogP contribution in [0, 0.1) is 6.92 Å². The van der Waals surface area contributed by atoms with Crippen LogP contribution in [0.1, 0.15) is 12.6 Å². The highest BCUT2D eigenvalue weighted by Crippen LogP contribution is 2.29. The van der Waals surface area contributed by atoms with Gasteiger partial charge in [-0.15, -0.1) is 0 Å². The predicted octanol–water partition coefficient (Wildman–Crippen LogP) is 2.51. The maximum Gasteiger partial charge on any atom is 0.344 e. The first-order valence-corrected chi connectivity index (χ1v) is 10.5. The minimum Gasteiger partial charge on any atom is -0.479 e. The number of hydrogen-bond acceptors (Lipinski definition) is 8. The van der Waals surface area contributed by atoms with Crippen molar-refractivity contribution in [2.75, 3.05) is 11.8 Å². The number of aliphatic carboxylic acids is 1. The van der Waals surface area contributed by atoms with Gasteiger partial charge in [0.15, 0.2) is 6.10 Å². The highest BCUT2D eigenvalue weighted by Gasteiger charge is 2.23. The van der Waals surface area contributed by atoms with Crippen molar-refractivity contribution >= 4 is 21.8 Å². The summed E-state index contributed by atoms with van der Waals surface area (Å²) in [7, 11) is -2.72. The molecule has 2 N–H and O–H groups in total. The summed E-state index contributed by atoms with van der Waals surface area (Å²) in [6, 6.07) is 9.19. The minimum atomic E-state index is -4.08. The average Bonchev–Trinajstić information content (AvgIpc) is 2.75. The van der Waals surface area contributed by atoms with Gasteiger partial charge >= 0.3 is 5.97 Å². The van der Waals surface area contributed by atoms with E-state index in [0.717, 1.165) is 0 Å². The van der Waals surface area contributed by atoms with Gasteiger partial charge in [-0.2, -0.15) is 0 Å². The lowest BCUT2D eigenvalue weighted by Gasteiger charge is -2.14. The summed E-state index contributed by atoms with van der Waals surface area (Å²) in [5.41, 5.74) is 1.27. The van der Waals surface area contributed by atoms with Crippen LogP contribution in [0.25, 0.3) is 11.3 Å². The Balaban J connectivity index is 1.94. The van der Waals surface area contributed by atoms with Crippen LogP contribution >= 0.6 is 0 Å². The van der Waals surface area contributed by atoms with Crippen molar-refractivity contribution in [3.63, 3.8) is 0 Å². The van der Waals surface area contributed by atoms with Gasteiger partial charge in [0.25, 0.3) is 15.9 Å². The molecule has 2 heterocycles. The topological polar surface area (TPSA) is 141 Å². The molecule has 1 aromatic carbocycles. The van der Waals surface area contributed by atoms with E-state index >= 15 is 0 Å². The molecule has 0 saturated heterocycles. The van der Waals surface area contributed by atoms with E-state index in [0.29, 0.717) is 17.0 Å². The molecule has 162 valence electrons. The second-order valence-electron chi connectivity index (χ2n) is 6.45. The number of anilines is 1. The number of carbonyl (C=O) groups is 1. The summed E-state index contributed by atoms with van der Waals surface area (Å²) < 4.78 is 38.9. The van der Waals surface area contributed by atoms with Crippen LogP contribution in [0.3, 0.4) is 0 Å². The number of hydrogen-bond donors (Lipinski definition) is 2. The number of aromatic nitrogens is 3. The molecule has 0 aliphatic heterocycles. The highest BCUT2D eigenvalue weighted by molar-refractivity contribution is 7.92. The number of carboxylic acids is 1. The molecule has 0 spiro atoms. The minimum absolute atomic E-state index is 0.0445. The fourth-order valence-corrected chi connectivity index (χ4v) is 3.81. The average molecular weight is 444 g/mol. The Bertz CT molecular complexity index is 1200. The number of nitrogens with one attached hydrogen (secondary N) is 1. The molecule has 11 heteroatoms. The van der Waals surface area contributed by atoms with E-state index < -0.39 is 22.1 Å². The zero-order valence-electron chi connectivity index (χ0n) is 16.9. The van der Waals surface area contributed by atoms with Gasteiger partial charge in [0.2, 0.25) is 5.82 Å². The molecule has 0 bridgehead atoms. The van der Waals surface area contributed by atoms with Gasteiger partial charge in [0, 0.05) is 11.8 Å². The quantitative estimate of drug-likeness (QED) is 0.536. The largest absolute Gasteiger partial charge is 0.479 e. The SMILES string of the molecule is COc1nc(C)cnc1NS(=O)(=O)c1cccnc1-c1ccc(OC(C)C(=O)O)cc1. The summed E-state index contributed by atoms with van der Waals surface area (Å²) in [6.45, 7) is 3.12. The van der Waals surface area contributed by atoms with Gasteiger partial charge in [-0.05, 0) is 50.2 Å². The van der Waals surface area contributed by atoms with Gasteiger partial charge in [-0.25, -0.2) is 23.2 Å². The molecular weight excluding hydrogens is 424 g/mol. The molecule has 2 aromatic heterocycles. The molecule has 1 unspecified atom stereocenters. The third-order valence-electron chi connectivity index (χ3n) is 4.13. The molecule has 3 rings (SSSR count). The van der Waals surface area contributed by atoms with Gasteiger partial charge < -0.3 is 14.6 Å². The second-order valence-corrected chi connectivity index (χ2v) is 8.10. The number of sulfonamides is 1. The van der Waals surface area contributed by atoms with Crippen molar-refractivity contribution in [1.82, 2.24) is 15.0 Å². The number of nitrogens with zero attached hydrogens (tertiary/aromatic N) is 3. The normalized spacial score (nSPS) is 12.1. The summed E-state index contributed by atoms with van der Waals surface area (Å²) in [4.78, 5) is 23.2. The van der Waals surface area contributed by atoms with E-state index in [2.05, 4.69) is 19.7 Å². The first kappa shape index (κ1) is 22.0. The van der Waals surface area contributed by atoms with Gasteiger partial charge in [-0.3, -0.25) is 9.71 Å². The Labute approximate surface area is 179 Å². The van der Waals surface area contributed by atoms with E-state index in [9.17, 15) is 13.2 Å². The predicted molar refractivity (Wildman–Crippen MR) is 112 cm³/mol. The summed E-state index contributed by atoms with van der Waals surface area (Å²) >= 11 is 0. The van der Waals surface area contributed by atoms with Gasteiger partial charge in [-0.1, -0.05) is 0 Å². The molecule has 3 aromatic rings. The van der Waals surface area contributed by atoms with Crippen molar-refractivity contribution in [3.05, 3.63) is 54.5 Å². The third-order valence-corrected chi connectivity index (χ3v) is 5.50. The van der Waals surface area contributed by atoms with E-state index in [-0.39, 0.29) is 22.3 Å². The molecule has 0 saturated carbocycles. The maximum atomic E-state index is 13.1. The summed E-state index contributed by atoms with van der Waals surface area (Å²) in [5, 5.41) is 8.95. The van der Waals surface area contributed by atoms with Crippen LogP contribution in [0.5, 0.6) is 11.6 Å². The van der Waals surface area contributed by atoms with Crippen LogP contribution in [0.4, 0.5) is 5.82 Å². The number of benzene rings is 1. The number of carboxylic acid groups (broad SMARTS) is 1. The Morgan fingerprint density at radius 1 is 1.16 bits per heavy atom. The monoisotopic (exact) mass is 444 g/mol. The van der Waals surface area contributed by atoms with Gasteiger partial charge in [0.1, 0.15) is 10.6 Å². The number of methoxy groups -OCH3 is 1. The molecule has 10 nitrogen and oxygen atoms in total. The lowest BCUT2D eigenvalue weighted by atomic mass is 10.1. The van der Waals surface area contributed by atoms with Crippen LogP contribution < -0.4 is 14.2 Å². The standard InChI is InChI=1S/C20H20N4O6S/c1-12-11-22-18(19(23-12)29-3)24-31(27,28)16-5-4-10-21-17(16)14-6-8-15(9-7-14)30-13(2)20(25)26/h4-11,13H,1-3H3,(H,22,24)(H,25,26). The first-order chi connectivity index (χ1) is 14.7. The molecule has 0 amide bonds. The van der Waals surface area contributed by atoms with Crippen molar-refractivity contribution in [2.24, 2.45) is 0 Å². The first-order valence-electron chi connectivity index (χ1n) is 9.06. The van der Waals surface area contributed by atoms with Crippen molar-refractivity contribution in [2.45, 2.75) is 24.8 Å². The smallest absolute Gasteiger partial charge is 0.344 e. The Morgan fingerprint density at radius 2 is 1.87 bits per heavy atom. The Kier molecular flexibility index (Phi) is 6.35. The Hall–Kier alpha value is -3.73. The third kappa shape index (κ3) is 5.07. The van der Waals surface area contributed by atoms with Crippen molar-refractivity contribution in [3.8, 4) is 22.9 Å². The molecule has 0 aliphatic carbocycles. The molecule has 0 radical (unpaired) electrons. The molecule has 0 aliphatic rings. The molecule has 1 atom stereocenters. The lowest BCUT2D eigenvalue weighted by molar-refractivity contribution is -0.144. The zero-order valence-corrected chi connectivity index (χ0v) is 17.8. The zero-order chi connectivity index (χ0) is 22.6. The maximum absolute atomic E-state index is 13.1. The van der Waals surface area contributed by atoms with Crippen LogP contribution in [-0.2, 0) is 14.8 Å². The van der Waals surface area contributed by atoms with Crippen LogP contribution in [0.15, 0.2) is 53.7 Å². The van der Waals surface area contributed by atoms with E-state index in [1.54, 1.807) is 31.2 Å². The fourth-order valence-electron chi connectivity index (χ4n) is 2.62. The number of pyridine rings is 1. The van der Waals surface area contributed by atoms with Crippen LogP contribution in [0.2, 0.25) is 0 Å². The summed E-state index contributed by atoms with van der Waals surface area (Å²) in [5.74, 6) is -0.767. The summed E-state index contributed by atoms with van der Waals surface area (Å²) in [6.07, 6.45) is 1.87. The van der Waals surface area contributed by atoms with E-state index in [1.165, 1.54) is 38.6 Å². The lowest BCUT2D eigenvalue weighted by Crippen LogP contribution is -2.22. The van der Waals surface area contributed by atoms with Crippen molar-refractivity contribution in [1.29, 1.82) is 0 Å². The van der Waals surface area contributed by atoms with E-state index in [1.807, 2.05) is 0 Å². The highest BCUT2D eigenvalue weighted by atomic mass is 32.2. The van der Waals surface area contributed by atoms with Gasteiger partial charge in [0.05, 0.1) is 24.7 Å². The fraction of sp³-hybridized carbons (Fsp3) is 0.200. The Morgan fingerprint density at radius 3 is 2.52 bits per heavy atom. The second kappa shape index (κ2) is 8.96.